The average Bonchev–Trinajstić information content (AvgIpc) is 1.87. The summed E-state index contributed by atoms with van der Waals surface area (Å²) in [5, 5.41) is 0. The van der Waals surface area contributed by atoms with Crippen molar-refractivity contribution < 1.29 is 23.0 Å². The van der Waals surface area contributed by atoms with Crippen molar-refractivity contribution in [2.24, 2.45) is 0 Å². The predicted octanol–water partition coefficient (Wildman–Crippen LogP) is 1.30. The molecule has 0 aromatic rings. The molecule has 0 amide bonds. The fourth-order valence-corrected chi connectivity index (χ4v) is 0.358. The minimum Gasteiger partial charge on any atom is -0.492 e. The first-order valence-corrected chi connectivity index (χ1v) is 2.79. The van der Waals surface area contributed by atoms with Crippen molar-refractivity contribution in [3.8, 4) is 0 Å². The van der Waals surface area contributed by atoms with Crippen molar-refractivity contribution in [3.05, 3.63) is 11.8 Å². The van der Waals surface area contributed by atoms with Crippen molar-refractivity contribution >= 4 is 5.97 Å². The van der Waals surface area contributed by atoms with Gasteiger partial charge in [0.1, 0.15) is 0 Å². The molecule has 0 saturated carbocycles. The van der Waals surface area contributed by atoms with E-state index in [9.17, 15) is 13.6 Å². The first-order valence-electron chi connectivity index (χ1n) is 2.79. The maximum Gasteiger partial charge on any atom is 0.311 e. The lowest BCUT2D eigenvalue weighted by molar-refractivity contribution is -0.140. The third kappa shape index (κ3) is 4.30. The number of methoxy groups -OCH3 is 1. The van der Waals surface area contributed by atoms with E-state index >= 15 is 0 Å². The highest BCUT2D eigenvalue weighted by molar-refractivity contribution is 5.66. The minimum atomic E-state index is -1.98. The molecule has 3 nitrogen and oxygen atoms in total. The number of ether oxygens (including phenoxy) is 2. The number of hydrogen-bond donors (Lipinski definition) is 0. The normalized spacial score (nSPS) is 8.73. The molecule has 0 aliphatic carbocycles. The Labute approximate surface area is 62.6 Å². The van der Waals surface area contributed by atoms with Crippen molar-refractivity contribution in [2.45, 2.75) is 6.92 Å². The van der Waals surface area contributed by atoms with Crippen LogP contribution in [0.5, 0.6) is 0 Å². The lowest BCUT2D eigenvalue weighted by Crippen LogP contribution is -2.05. The van der Waals surface area contributed by atoms with Gasteiger partial charge in [0.05, 0.1) is 7.11 Å². The van der Waals surface area contributed by atoms with Gasteiger partial charge in [-0.25, -0.2) is 0 Å². The summed E-state index contributed by atoms with van der Waals surface area (Å²) in [4.78, 5) is 10.1. The van der Waals surface area contributed by atoms with Crippen molar-refractivity contribution in [2.75, 3.05) is 13.7 Å². The molecule has 0 atom stereocenters. The second-order valence-corrected chi connectivity index (χ2v) is 1.67. The summed E-state index contributed by atoms with van der Waals surface area (Å²) in [5.41, 5.74) is 0. The van der Waals surface area contributed by atoms with Gasteiger partial charge in [0.15, 0.2) is 12.4 Å². The fourth-order valence-electron chi connectivity index (χ4n) is 0.358. The largest absolute Gasteiger partial charge is 0.492 e. The van der Waals surface area contributed by atoms with Crippen molar-refractivity contribution in [1.29, 1.82) is 0 Å². The average molecular weight is 166 g/mol. The quantitative estimate of drug-likeness (QED) is 0.468. The van der Waals surface area contributed by atoms with Crippen molar-refractivity contribution in [3.63, 3.8) is 0 Å². The summed E-state index contributed by atoms with van der Waals surface area (Å²) in [7, 11) is 1.08. The molecule has 0 aliphatic rings. The van der Waals surface area contributed by atoms with Crippen LogP contribution in [-0.4, -0.2) is 19.7 Å². The van der Waals surface area contributed by atoms with E-state index in [0.717, 1.165) is 14.0 Å². The summed E-state index contributed by atoms with van der Waals surface area (Å²) in [6, 6.07) is 0. The topological polar surface area (TPSA) is 35.5 Å². The molecule has 0 bridgehead atoms. The Morgan fingerprint density at radius 3 is 2.27 bits per heavy atom. The molecule has 0 heterocycles. The van der Waals surface area contributed by atoms with E-state index in [-0.39, 0.29) is 0 Å². The Morgan fingerprint density at radius 2 is 2.00 bits per heavy atom. The van der Waals surface area contributed by atoms with E-state index in [4.69, 9.17) is 0 Å². The molecular formula is C6H8F2O3. The van der Waals surface area contributed by atoms with Gasteiger partial charge in [0, 0.05) is 6.92 Å². The first-order chi connectivity index (χ1) is 5.07. The molecule has 0 spiro atoms. The van der Waals surface area contributed by atoms with Crippen LogP contribution < -0.4 is 0 Å². The summed E-state index contributed by atoms with van der Waals surface area (Å²) >= 11 is 0. The smallest absolute Gasteiger partial charge is 0.311 e. The van der Waals surface area contributed by atoms with Gasteiger partial charge in [0.25, 0.3) is 0 Å². The highest BCUT2D eigenvalue weighted by Crippen LogP contribution is 2.08. The highest BCUT2D eigenvalue weighted by atomic mass is 19.3. The van der Waals surface area contributed by atoms with Crippen molar-refractivity contribution in [1.82, 2.24) is 0 Å². The zero-order valence-electron chi connectivity index (χ0n) is 6.19. The van der Waals surface area contributed by atoms with Crippen LogP contribution in [0, 0.1) is 0 Å². The fraction of sp³-hybridized carbons (Fsp3) is 0.500. The van der Waals surface area contributed by atoms with Gasteiger partial charge < -0.3 is 9.47 Å². The number of carbonyl (C=O) groups is 1. The zero-order valence-corrected chi connectivity index (χ0v) is 6.19. The summed E-state index contributed by atoms with van der Waals surface area (Å²) in [6.45, 7) is 0.609. The third-order valence-electron chi connectivity index (χ3n) is 0.864. The third-order valence-corrected chi connectivity index (χ3v) is 0.864. The summed E-state index contributed by atoms with van der Waals surface area (Å²) in [6.07, 6.45) is -1.98. The van der Waals surface area contributed by atoms with Crippen LogP contribution in [0.3, 0.4) is 0 Å². The lowest BCUT2D eigenvalue weighted by Gasteiger charge is -2.03. The van der Waals surface area contributed by atoms with Gasteiger partial charge in [-0.15, -0.1) is 0 Å². The molecule has 0 rings (SSSR count). The van der Waals surface area contributed by atoms with Gasteiger partial charge in [-0.3, -0.25) is 4.79 Å². The zero-order chi connectivity index (χ0) is 8.85. The molecule has 0 aliphatic heterocycles. The second kappa shape index (κ2) is 4.65. The molecule has 0 aromatic heterocycles. The van der Waals surface area contributed by atoms with Gasteiger partial charge in [-0.2, -0.15) is 8.78 Å². The van der Waals surface area contributed by atoms with Crippen LogP contribution in [-0.2, 0) is 14.3 Å². The second-order valence-electron chi connectivity index (χ2n) is 1.67. The Morgan fingerprint density at radius 1 is 1.45 bits per heavy atom. The Kier molecular flexibility index (Phi) is 4.17. The van der Waals surface area contributed by atoms with Gasteiger partial charge in [-0.05, 0) is 0 Å². The van der Waals surface area contributed by atoms with Crippen LogP contribution in [0.2, 0.25) is 0 Å². The molecule has 0 N–H and O–H groups in total. The van der Waals surface area contributed by atoms with Crippen LogP contribution >= 0.6 is 0 Å². The lowest BCUT2D eigenvalue weighted by atomic mass is 10.6. The molecule has 5 heteroatoms. The monoisotopic (exact) mass is 166 g/mol. The first kappa shape index (κ1) is 9.87. The molecule has 0 fully saturated rings. The minimum absolute atomic E-state index is 0.520. The van der Waals surface area contributed by atoms with E-state index in [1.54, 1.807) is 0 Å². The Hall–Kier alpha value is -1.13. The standard InChI is InChI=1S/C6H8F2O3/c1-4(9)11-3-5(10-2)6(7)8/h3H2,1-2H3. The summed E-state index contributed by atoms with van der Waals surface area (Å²) in [5.74, 6) is -1.25. The number of esters is 1. The van der Waals surface area contributed by atoms with Crippen LogP contribution in [0.25, 0.3) is 0 Å². The Balaban J connectivity index is 3.91. The van der Waals surface area contributed by atoms with E-state index < -0.39 is 24.4 Å². The highest BCUT2D eigenvalue weighted by Gasteiger charge is 2.07. The molecule has 0 radical (unpaired) electrons. The molecular weight excluding hydrogens is 158 g/mol. The molecule has 0 aromatic carbocycles. The van der Waals surface area contributed by atoms with E-state index in [1.807, 2.05) is 0 Å². The maximum atomic E-state index is 11.7. The van der Waals surface area contributed by atoms with Gasteiger partial charge in [-0.1, -0.05) is 0 Å². The van der Waals surface area contributed by atoms with Crippen LogP contribution in [0.15, 0.2) is 11.8 Å². The molecule has 0 unspecified atom stereocenters. The van der Waals surface area contributed by atoms with Crippen LogP contribution in [0.4, 0.5) is 8.78 Å². The molecule has 64 valence electrons. The Bertz CT molecular complexity index is 173. The van der Waals surface area contributed by atoms with E-state index in [1.165, 1.54) is 0 Å². The number of hydrogen-bond acceptors (Lipinski definition) is 3. The SMILES string of the molecule is COC(COC(C)=O)=C(F)F. The van der Waals surface area contributed by atoms with Crippen LogP contribution in [0.1, 0.15) is 6.92 Å². The number of halogens is 2. The van der Waals surface area contributed by atoms with E-state index in [2.05, 4.69) is 9.47 Å². The maximum absolute atomic E-state index is 11.7. The summed E-state index contributed by atoms with van der Waals surface area (Å²) < 4.78 is 31.9. The molecule has 11 heavy (non-hydrogen) atoms. The predicted molar refractivity (Wildman–Crippen MR) is 32.9 cm³/mol. The van der Waals surface area contributed by atoms with E-state index in [0.29, 0.717) is 0 Å². The van der Waals surface area contributed by atoms with Gasteiger partial charge >= 0.3 is 12.0 Å². The number of carbonyl (C=O) groups excluding carboxylic acids is 1. The molecule has 0 saturated heterocycles. The number of rotatable bonds is 3. The van der Waals surface area contributed by atoms with Gasteiger partial charge in [0.2, 0.25) is 0 Å².